The largest absolute Gasteiger partial charge is 0.266 e. The number of allylic oxidation sites excluding steroid dienone is 2. The average molecular weight is 433 g/mol. The highest BCUT2D eigenvalue weighted by molar-refractivity contribution is 5.64. The summed E-state index contributed by atoms with van der Waals surface area (Å²) in [6.07, 6.45) is 11.6. The number of halogens is 4. The third-order valence-corrected chi connectivity index (χ3v) is 6.42. The highest BCUT2D eigenvalue weighted by atomic mass is 19.3. The molecule has 168 valence electrons. The molecule has 0 bridgehead atoms. The molecule has 0 spiro atoms. The summed E-state index contributed by atoms with van der Waals surface area (Å²) in [5.41, 5.74) is 2.15. The maximum atomic E-state index is 13.8. The van der Waals surface area contributed by atoms with E-state index >= 15 is 0 Å². The zero-order valence-electron chi connectivity index (χ0n) is 18.0. The molecule has 0 atom stereocenters. The molecule has 1 fully saturated rings. The topological polar surface area (TPSA) is 0 Å². The fourth-order valence-electron chi connectivity index (χ4n) is 4.43. The minimum Gasteiger partial charge on any atom is -0.251 e. The van der Waals surface area contributed by atoms with Crippen molar-refractivity contribution in [1.29, 1.82) is 0 Å². The lowest BCUT2D eigenvalue weighted by molar-refractivity contribution is 0.146. The predicted molar refractivity (Wildman–Crippen MR) is 120 cm³/mol. The van der Waals surface area contributed by atoms with Crippen molar-refractivity contribution in [3.63, 3.8) is 0 Å². The van der Waals surface area contributed by atoms with E-state index in [1.807, 2.05) is 12.1 Å². The van der Waals surface area contributed by atoms with Crippen LogP contribution in [-0.4, -0.2) is 6.67 Å². The maximum Gasteiger partial charge on any atom is 0.266 e. The van der Waals surface area contributed by atoms with Crippen molar-refractivity contribution < 1.29 is 17.6 Å². The van der Waals surface area contributed by atoms with E-state index < -0.39 is 17.8 Å². The molecule has 3 rings (SSSR count). The van der Waals surface area contributed by atoms with E-state index in [0.717, 1.165) is 30.7 Å². The molecular weight excluding hydrogens is 400 g/mol. The molecular formula is C27H32F4. The molecule has 31 heavy (non-hydrogen) atoms. The van der Waals surface area contributed by atoms with E-state index in [4.69, 9.17) is 0 Å². The van der Waals surface area contributed by atoms with E-state index in [1.165, 1.54) is 49.8 Å². The number of benzene rings is 2. The Labute approximate surface area is 183 Å². The summed E-state index contributed by atoms with van der Waals surface area (Å²) in [6, 6.07) is 11.9. The quantitative estimate of drug-likeness (QED) is 0.200. The highest BCUT2D eigenvalue weighted by Gasteiger charge is 2.19. The Balaban J connectivity index is 1.43. The summed E-state index contributed by atoms with van der Waals surface area (Å²) >= 11 is 0. The van der Waals surface area contributed by atoms with E-state index in [9.17, 15) is 17.6 Å². The van der Waals surface area contributed by atoms with Gasteiger partial charge >= 0.3 is 0 Å². The van der Waals surface area contributed by atoms with Crippen molar-refractivity contribution in [3.05, 3.63) is 71.6 Å². The van der Waals surface area contributed by atoms with Crippen molar-refractivity contribution in [2.24, 2.45) is 11.8 Å². The van der Waals surface area contributed by atoms with Gasteiger partial charge in [-0.15, -0.1) is 0 Å². The fourth-order valence-corrected chi connectivity index (χ4v) is 4.43. The minimum atomic E-state index is -2.80. The maximum absolute atomic E-state index is 13.8. The van der Waals surface area contributed by atoms with Gasteiger partial charge in [-0.25, -0.2) is 13.2 Å². The van der Waals surface area contributed by atoms with Crippen LogP contribution in [0.2, 0.25) is 0 Å². The third-order valence-electron chi connectivity index (χ3n) is 6.42. The van der Waals surface area contributed by atoms with Crippen molar-refractivity contribution >= 4 is 0 Å². The van der Waals surface area contributed by atoms with Crippen LogP contribution in [0.3, 0.4) is 0 Å². The van der Waals surface area contributed by atoms with Crippen LogP contribution in [0.1, 0.15) is 68.9 Å². The van der Waals surface area contributed by atoms with Gasteiger partial charge in [-0.1, -0.05) is 42.5 Å². The van der Waals surface area contributed by atoms with Crippen LogP contribution < -0.4 is 0 Å². The Morgan fingerprint density at radius 3 is 2.26 bits per heavy atom. The van der Waals surface area contributed by atoms with Crippen molar-refractivity contribution in [1.82, 2.24) is 0 Å². The van der Waals surface area contributed by atoms with Crippen LogP contribution in [0.4, 0.5) is 17.6 Å². The molecule has 0 heterocycles. The molecule has 4 heteroatoms. The first-order valence-corrected chi connectivity index (χ1v) is 11.5. The molecule has 2 aromatic carbocycles. The molecule has 0 nitrogen and oxygen atoms in total. The summed E-state index contributed by atoms with van der Waals surface area (Å²) in [5, 5.41) is 0. The van der Waals surface area contributed by atoms with Gasteiger partial charge in [0, 0.05) is 0 Å². The van der Waals surface area contributed by atoms with Crippen LogP contribution in [-0.2, 0) is 6.42 Å². The second-order valence-electron chi connectivity index (χ2n) is 8.67. The molecule has 2 aromatic rings. The zero-order valence-corrected chi connectivity index (χ0v) is 18.0. The Bertz CT molecular complexity index is 818. The molecule has 0 aliphatic heterocycles. The van der Waals surface area contributed by atoms with E-state index in [-0.39, 0.29) is 6.67 Å². The van der Waals surface area contributed by atoms with Crippen LogP contribution in [0.15, 0.2) is 54.6 Å². The Morgan fingerprint density at radius 1 is 0.903 bits per heavy atom. The van der Waals surface area contributed by atoms with Crippen LogP contribution in [0, 0.1) is 17.7 Å². The smallest absolute Gasteiger partial charge is 0.251 e. The van der Waals surface area contributed by atoms with E-state index in [2.05, 4.69) is 24.3 Å². The van der Waals surface area contributed by atoms with Crippen molar-refractivity contribution in [3.8, 4) is 11.1 Å². The molecule has 0 aromatic heterocycles. The first-order valence-electron chi connectivity index (χ1n) is 11.5. The lowest BCUT2D eigenvalue weighted by Gasteiger charge is -2.26. The van der Waals surface area contributed by atoms with E-state index in [1.54, 1.807) is 6.07 Å². The molecule has 1 saturated carbocycles. The molecule has 1 aliphatic carbocycles. The second-order valence-corrected chi connectivity index (χ2v) is 8.67. The summed E-state index contributed by atoms with van der Waals surface area (Å²) < 4.78 is 51.4. The first-order chi connectivity index (χ1) is 15.1. The van der Waals surface area contributed by atoms with Gasteiger partial charge in [0.05, 0.1) is 12.2 Å². The van der Waals surface area contributed by atoms with Gasteiger partial charge in [-0.3, -0.25) is 4.39 Å². The molecule has 0 radical (unpaired) electrons. The van der Waals surface area contributed by atoms with Crippen LogP contribution in [0.5, 0.6) is 0 Å². The lowest BCUT2D eigenvalue weighted by atomic mass is 9.79. The Hall–Kier alpha value is -2.10. The number of alkyl halides is 3. The van der Waals surface area contributed by atoms with Gasteiger partial charge in [0.1, 0.15) is 5.82 Å². The number of unbranched alkanes of at least 4 members (excludes halogenated alkanes) is 2. The van der Waals surface area contributed by atoms with Gasteiger partial charge in [0.15, 0.2) is 0 Å². The Kier molecular flexibility index (Phi) is 9.17. The summed E-state index contributed by atoms with van der Waals surface area (Å²) in [4.78, 5) is 0. The summed E-state index contributed by atoms with van der Waals surface area (Å²) in [6.45, 7) is -0.214. The SMILES string of the molecule is FCCCCC=CC1CCC(CCc2ccc(-c3ccc(C(F)F)c(F)c3)cc2)CC1. The van der Waals surface area contributed by atoms with Gasteiger partial charge < -0.3 is 0 Å². The van der Waals surface area contributed by atoms with Crippen LogP contribution in [0.25, 0.3) is 11.1 Å². The fraction of sp³-hybridized carbons (Fsp3) is 0.481. The number of rotatable bonds is 10. The monoisotopic (exact) mass is 432 g/mol. The minimum absolute atomic E-state index is 0.214. The second kappa shape index (κ2) is 12.1. The van der Waals surface area contributed by atoms with E-state index in [0.29, 0.717) is 17.9 Å². The molecule has 0 unspecified atom stereocenters. The van der Waals surface area contributed by atoms with Crippen molar-refractivity contribution in [2.45, 2.75) is 64.2 Å². The van der Waals surface area contributed by atoms with Crippen molar-refractivity contribution in [2.75, 3.05) is 6.67 Å². The molecule has 0 saturated heterocycles. The summed E-state index contributed by atoms with van der Waals surface area (Å²) in [5.74, 6) is 0.575. The number of aryl methyl sites for hydroxylation is 1. The first kappa shape index (κ1) is 23.6. The third kappa shape index (κ3) is 7.22. The molecule has 0 amide bonds. The average Bonchev–Trinajstić information content (AvgIpc) is 2.78. The predicted octanol–water partition coefficient (Wildman–Crippen LogP) is 8.87. The Morgan fingerprint density at radius 2 is 1.61 bits per heavy atom. The van der Waals surface area contributed by atoms with Gasteiger partial charge in [-0.05, 0) is 98.4 Å². The zero-order chi connectivity index (χ0) is 22.1. The van der Waals surface area contributed by atoms with Gasteiger partial charge in [0.2, 0.25) is 0 Å². The lowest BCUT2D eigenvalue weighted by Crippen LogP contribution is -2.13. The standard InChI is InChI=1S/C27H32F4/c28-18-4-2-1-3-5-20-6-8-21(9-7-20)10-11-22-12-14-23(15-13-22)24-16-17-25(27(30)31)26(29)19-24/h3,5,12-17,19-21,27H,1-2,4,6-11,18H2. The highest BCUT2D eigenvalue weighted by Crippen LogP contribution is 2.33. The molecule has 0 N–H and O–H groups in total. The van der Waals surface area contributed by atoms with Gasteiger partial charge in [0.25, 0.3) is 6.43 Å². The molecule has 1 aliphatic rings. The normalized spacial score (nSPS) is 19.4. The number of hydrogen-bond acceptors (Lipinski definition) is 0. The van der Waals surface area contributed by atoms with Crippen LogP contribution >= 0.6 is 0 Å². The number of hydrogen-bond donors (Lipinski definition) is 0. The van der Waals surface area contributed by atoms with Gasteiger partial charge in [-0.2, -0.15) is 0 Å². The summed E-state index contributed by atoms with van der Waals surface area (Å²) in [7, 11) is 0.